The Morgan fingerprint density at radius 2 is 2.05 bits per heavy atom. The first-order valence-electron chi connectivity index (χ1n) is 7.17. The highest BCUT2D eigenvalue weighted by Gasteiger charge is 2.24. The lowest BCUT2D eigenvalue weighted by Crippen LogP contribution is -2.42. The zero-order valence-electron chi connectivity index (χ0n) is 12.8. The molecule has 0 fully saturated rings. The number of ether oxygens (including phenoxy) is 1. The summed E-state index contributed by atoms with van der Waals surface area (Å²) < 4.78 is 5.71. The maximum atomic E-state index is 12.2. The van der Waals surface area contributed by atoms with E-state index in [1.165, 1.54) is 0 Å². The summed E-state index contributed by atoms with van der Waals surface area (Å²) >= 11 is 0. The van der Waals surface area contributed by atoms with Gasteiger partial charge in [0.05, 0.1) is 5.56 Å². The number of para-hydroxylation sites is 1. The number of nitriles is 1. The van der Waals surface area contributed by atoms with Crippen molar-refractivity contribution in [3.8, 4) is 11.8 Å². The smallest absolute Gasteiger partial charge is 0.261 e. The van der Waals surface area contributed by atoms with Crippen molar-refractivity contribution in [2.75, 3.05) is 6.54 Å². The summed E-state index contributed by atoms with van der Waals surface area (Å²) in [6, 6.07) is 8.82. The van der Waals surface area contributed by atoms with E-state index in [1.54, 1.807) is 24.3 Å². The van der Waals surface area contributed by atoms with Crippen molar-refractivity contribution < 1.29 is 14.3 Å². The Bertz CT molecular complexity index is 564. The van der Waals surface area contributed by atoms with E-state index >= 15 is 0 Å². The largest absolute Gasteiger partial charge is 0.479 e. The van der Waals surface area contributed by atoms with Gasteiger partial charge in [0.2, 0.25) is 5.91 Å². The zero-order valence-corrected chi connectivity index (χ0v) is 12.8. The molecule has 0 saturated heterocycles. The summed E-state index contributed by atoms with van der Waals surface area (Å²) in [6.07, 6.45) is 0.00823. The second-order valence-corrected chi connectivity index (χ2v) is 5.25. The van der Waals surface area contributed by atoms with E-state index in [9.17, 15) is 9.59 Å². The predicted octanol–water partition coefficient (Wildman–Crippen LogP) is 1.34. The van der Waals surface area contributed by atoms with Gasteiger partial charge < -0.3 is 15.8 Å². The predicted molar refractivity (Wildman–Crippen MR) is 81.8 cm³/mol. The second kappa shape index (κ2) is 8.67. The van der Waals surface area contributed by atoms with E-state index < -0.39 is 12.0 Å². The topological polar surface area (TPSA) is 105 Å². The molecular formula is C16H21N3O3. The standard InChI is InChI=1S/C16H21N3O3/c1-11(2)15(16(21)19-9-5-8-14(18)20)22-13-7-4-3-6-12(13)10-17/h3-4,6-7,11,15H,5,8-9H2,1-2H3,(H2,18,20)(H,19,21)/t15-/m1/s1. The van der Waals surface area contributed by atoms with Crippen molar-refractivity contribution in [1.82, 2.24) is 5.32 Å². The molecule has 3 N–H and O–H groups in total. The van der Waals surface area contributed by atoms with Crippen LogP contribution in [0.5, 0.6) is 5.75 Å². The van der Waals surface area contributed by atoms with Crippen LogP contribution in [0.4, 0.5) is 0 Å². The first kappa shape index (κ1) is 17.5. The molecule has 1 aromatic carbocycles. The number of rotatable bonds is 8. The van der Waals surface area contributed by atoms with E-state index in [0.717, 1.165) is 0 Å². The van der Waals surface area contributed by atoms with Crippen LogP contribution >= 0.6 is 0 Å². The van der Waals surface area contributed by atoms with Gasteiger partial charge in [0.1, 0.15) is 11.8 Å². The number of primary amides is 1. The first-order valence-corrected chi connectivity index (χ1v) is 7.17. The van der Waals surface area contributed by atoms with Crippen LogP contribution in [0.3, 0.4) is 0 Å². The molecule has 0 heterocycles. The second-order valence-electron chi connectivity index (χ2n) is 5.25. The van der Waals surface area contributed by atoms with Crippen LogP contribution in [0.2, 0.25) is 0 Å². The van der Waals surface area contributed by atoms with Crippen molar-refractivity contribution in [2.24, 2.45) is 11.7 Å². The third-order valence-electron chi connectivity index (χ3n) is 3.02. The molecule has 0 radical (unpaired) electrons. The van der Waals surface area contributed by atoms with Gasteiger partial charge in [-0.1, -0.05) is 26.0 Å². The van der Waals surface area contributed by atoms with Crippen LogP contribution in [-0.2, 0) is 9.59 Å². The van der Waals surface area contributed by atoms with Gasteiger partial charge in [0.25, 0.3) is 5.91 Å². The molecule has 0 aromatic heterocycles. The minimum Gasteiger partial charge on any atom is -0.479 e. The zero-order chi connectivity index (χ0) is 16.5. The summed E-state index contributed by atoms with van der Waals surface area (Å²) in [5.74, 6) is -0.347. The molecule has 0 unspecified atom stereocenters. The van der Waals surface area contributed by atoms with Gasteiger partial charge in [0, 0.05) is 13.0 Å². The van der Waals surface area contributed by atoms with Crippen LogP contribution in [0, 0.1) is 17.2 Å². The molecule has 0 spiro atoms. The molecule has 0 aliphatic heterocycles. The fourth-order valence-corrected chi connectivity index (χ4v) is 1.87. The van der Waals surface area contributed by atoms with Crippen LogP contribution in [0.15, 0.2) is 24.3 Å². The minimum atomic E-state index is -0.705. The lowest BCUT2D eigenvalue weighted by atomic mass is 10.1. The third kappa shape index (κ3) is 5.44. The number of carbonyl (C=O) groups is 2. The number of hydrogen-bond acceptors (Lipinski definition) is 4. The number of nitrogens with zero attached hydrogens (tertiary/aromatic N) is 1. The lowest BCUT2D eigenvalue weighted by Gasteiger charge is -2.22. The Hall–Kier alpha value is -2.55. The Kier molecular flexibility index (Phi) is 6.90. The average Bonchev–Trinajstić information content (AvgIpc) is 2.48. The normalized spacial score (nSPS) is 11.5. The highest BCUT2D eigenvalue weighted by Crippen LogP contribution is 2.20. The molecule has 1 rings (SSSR count). The van der Waals surface area contributed by atoms with Gasteiger partial charge in [-0.15, -0.1) is 0 Å². The van der Waals surface area contributed by atoms with Crippen LogP contribution < -0.4 is 15.8 Å². The van der Waals surface area contributed by atoms with Crippen molar-refractivity contribution >= 4 is 11.8 Å². The van der Waals surface area contributed by atoms with Gasteiger partial charge in [-0.25, -0.2) is 0 Å². The van der Waals surface area contributed by atoms with E-state index in [2.05, 4.69) is 5.32 Å². The summed E-state index contributed by atoms with van der Waals surface area (Å²) in [4.78, 5) is 22.9. The number of carbonyl (C=O) groups excluding carboxylic acids is 2. The van der Waals surface area contributed by atoms with Gasteiger partial charge in [-0.3, -0.25) is 9.59 Å². The van der Waals surface area contributed by atoms with E-state index in [1.807, 2.05) is 19.9 Å². The molecule has 6 nitrogen and oxygen atoms in total. The van der Waals surface area contributed by atoms with Gasteiger partial charge in [-0.2, -0.15) is 5.26 Å². The minimum absolute atomic E-state index is 0.0668. The summed E-state index contributed by atoms with van der Waals surface area (Å²) in [5.41, 5.74) is 5.43. The number of amides is 2. The van der Waals surface area contributed by atoms with Crippen molar-refractivity contribution in [3.05, 3.63) is 29.8 Å². The first-order chi connectivity index (χ1) is 10.5. The molecule has 0 bridgehead atoms. The number of benzene rings is 1. The Morgan fingerprint density at radius 1 is 1.36 bits per heavy atom. The monoisotopic (exact) mass is 303 g/mol. The van der Waals surface area contributed by atoms with Crippen molar-refractivity contribution in [1.29, 1.82) is 5.26 Å². The van der Waals surface area contributed by atoms with Crippen LogP contribution in [-0.4, -0.2) is 24.5 Å². The number of hydrogen-bond donors (Lipinski definition) is 2. The van der Waals surface area contributed by atoms with Crippen molar-refractivity contribution in [3.63, 3.8) is 0 Å². The summed E-state index contributed by atoms with van der Waals surface area (Å²) in [7, 11) is 0. The van der Waals surface area contributed by atoms with Crippen molar-refractivity contribution in [2.45, 2.75) is 32.8 Å². The lowest BCUT2D eigenvalue weighted by molar-refractivity contribution is -0.130. The summed E-state index contributed by atoms with van der Waals surface area (Å²) in [5, 5.41) is 11.8. The quantitative estimate of drug-likeness (QED) is 0.707. The maximum absolute atomic E-state index is 12.2. The van der Waals surface area contributed by atoms with E-state index in [0.29, 0.717) is 24.3 Å². The van der Waals surface area contributed by atoms with Gasteiger partial charge >= 0.3 is 0 Å². The number of nitrogens with two attached hydrogens (primary N) is 1. The van der Waals surface area contributed by atoms with Gasteiger partial charge in [-0.05, 0) is 24.5 Å². The maximum Gasteiger partial charge on any atom is 0.261 e. The van der Waals surface area contributed by atoms with Gasteiger partial charge in [0.15, 0.2) is 6.10 Å². The molecule has 2 amide bonds. The van der Waals surface area contributed by atoms with Crippen LogP contribution in [0.25, 0.3) is 0 Å². The molecule has 6 heteroatoms. The molecular weight excluding hydrogens is 282 g/mol. The molecule has 118 valence electrons. The molecule has 1 atom stereocenters. The molecule has 0 aliphatic carbocycles. The molecule has 0 saturated carbocycles. The average molecular weight is 303 g/mol. The van der Waals surface area contributed by atoms with E-state index in [4.69, 9.17) is 15.7 Å². The fraction of sp³-hybridized carbons (Fsp3) is 0.438. The Morgan fingerprint density at radius 3 is 2.64 bits per heavy atom. The third-order valence-corrected chi connectivity index (χ3v) is 3.02. The molecule has 0 aliphatic rings. The fourth-order valence-electron chi connectivity index (χ4n) is 1.87. The molecule has 22 heavy (non-hydrogen) atoms. The molecule has 1 aromatic rings. The number of nitrogens with one attached hydrogen (secondary N) is 1. The SMILES string of the molecule is CC(C)[C@@H](Oc1ccccc1C#N)C(=O)NCCCC(N)=O. The Balaban J connectivity index is 2.67. The Labute approximate surface area is 130 Å². The highest BCUT2D eigenvalue weighted by molar-refractivity contribution is 5.81. The highest BCUT2D eigenvalue weighted by atomic mass is 16.5. The summed E-state index contributed by atoms with van der Waals surface area (Å²) in [6.45, 7) is 4.08. The van der Waals surface area contributed by atoms with E-state index in [-0.39, 0.29) is 18.2 Å². The van der Waals surface area contributed by atoms with Crippen LogP contribution in [0.1, 0.15) is 32.3 Å².